The third-order valence-electron chi connectivity index (χ3n) is 2.04. The highest BCUT2D eigenvalue weighted by Gasteiger charge is 2.37. The number of alkyl halides is 3. The molecule has 0 spiro atoms. The van der Waals surface area contributed by atoms with Crippen molar-refractivity contribution in [2.75, 3.05) is 0 Å². The lowest BCUT2D eigenvalue weighted by atomic mass is 10.3. The summed E-state index contributed by atoms with van der Waals surface area (Å²) in [7, 11) is 0. The Labute approximate surface area is 67.2 Å². The molecule has 0 N–H and O–H groups in total. The van der Waals surface area contributed by atoms with E-state index in [9.17, 15) is 13.2 Å². The van der Waals surface area contributed by atoms with Gasteiger partial charge in [0.25, 0.3) is 0 Å². The first-order valence-corrected chi connectivity index (χ1v) is 3.58. The number of fused-ring (bicyclic) bond motifs is 1. The molecule has 0 radical (unpaired) electrons. The lowest BCUT2D eigenvalue weighted by Gasteiger charge is -2.02. The van der Waals surface area contributed by atoms with Gasteiger partial charge in [-0.25, -0.2) is 4.98 Å². The quantitative estimate of drug-likeness (QED) is 0.587. The first-order valence-electron chi connectivity index (χ1n) is 3.58. The van der Waals surface area contributed by atoms with Crippen LogP contribution in [0.15, 0.2) is 12.1 Å². The molecule has 64 valence electrons. The van der Waals surface area contributed by atoms with Crippen LogP contribution in [0.25, 0.3) is 0 Å². The third kappa shape index (κ3) is 0.983. The lowest BCUT2D eigenvalue weighted by Crippen LogP contribution is -2.06. The van der Waals surface area contributed by atoms with Crippen molar-refractivity contribution in [3.8, 4) is 0 Å². The summed E-state index contributed by atoms with van der Waals surface area (Å²) in [5.74, 6) is 0.126. The van der Waals surface area contributed by atoms with Crippen LogP contribution in [0, 0.1) is 0 Å². The van der Waals surface area contributed by atoms with Gasteiger partial charge >= 0.3 is 6.18 Å². The van der Waals surface area contributed by atoms with Gasteiger partial charge in [-0.1, -0.05) is 13.0 Å². The van der Waals surface area contributed by atoms with E-state index in [4.69, 9.17) is 0 Å². The molecule has 1 aromatic heterocycles. The standard InChI is InChI=1S/C8H6F3N/c1-4-5-2-3-6(8(9,10)11)12-7(4)5/h2-4H,1H3. The minimum Gasteiger partial charge on any atom is -0.247 e. The Bertz CT molecular complexity index is 330. The molecule has 0 aliphatic heterocycles. The molecule has 0 amide bonds. The highest BCUT2D eigenvalue weighted by atomic mass is 19.4. The molecule has 0 fully saturated rings. The van der Waals surface area contributed by atoms with Crippen molar-refractivity contribution in [3.05, 3.63) is 29.1 Å². The van der Waals surface area contributed by atoms with E-state index in [1.807, 2.05) is 6.92 Å². The van der Waals surface area contributed by atoms with Gasteiger partial charge in [0.1, 0.15) is 5.69 Å². The van der Waals surface area contributed by atoms with E-state index in [-0.39, 0.29) is 5.92 Å². The average molecular weight is 173 g/mol. The zero-order valence-corrected chi connectivity index (χ0v) is 6.31. The molecular formula is C8H6F3N. The highest BCUT2D eigenvalue weighted by Crippen LogP contribution is 2.42. The van der Waals surface area contributed by atoms with Gasteiger partial charge < -0.3 is 0 Å². The monoisotopic (exact) mass is 173 g/mol. The molecule has 1 nitrogen and oxygen atoms in total. The molecule has 0 bridgehead atoms. The minimum absolute atomic E-state index is 0.126. The van der Waals surface area contributed by atoms with Crippen LogP contribution < -0.4 is 0 Å². The Morgan fingerprint density at radius 2 is 2.00 bits per heavy atom. The molecule has 1 aromatic rings. The van der Waals surface area contributed by atoms with E-state index < -0.39 is 11.9 Å². The van der Waals surface area contributed by atoms with Crippen LogP contribution >= 0.6 is 0 Å². The Kier molecular flexibility index (Phi) is 1.26. The maximum atomic E-state index is 12.1. The SMILES string of the molecule is CC1c2ccc(C(F)(F)F)nc21. The fourth-order valence-electron chi connectivity index (χ4n) is 1.23. The summed E-state index contributed by atoms with van der Waals surface area (Å²) in [5, 5.41) is 0. The van der Waals surface area contributed by atoms with Crippen LogP contribution in [0.3, 0.4) is 0 Å². The number of hydrogen-bond acceptors (Lipinski definition) is 1. The summed E-state index contributed by atoms with van der Waals surface area (Å²) >= 11 is 0. The van der Waals surface area contributed by atoms with Gasteiger partial charge in [0.2, 0.25) is 0 Å². The van der Waals surface area contributed by atoms with E-state index >= 15 is 0 Å². The van der Waals surface area contributed by atoms with Crippen LogP contribution in [0.2, 0.25) is 0 Å². The lowest BCUT2D eigenvalue weighted by molar-refractivity contribution is -0.141. The summed E-state index contributed by atoms with van der Waals surface area (Å²) in [6, 6.07) is 2.53. The molecule has 1 heterocycles. The smallest absolute Gasteiger partial charge is 0.247 e. The zero-order valence-electron chi connectivity index (χ0n) is 6.31. The number of nitrogens with zero attached hydrogens (tertiary/aromatic N) is 1. The zero-order chi connectivity index (χ0) is 8.93. The van der Waals surface area contributed by atoms with E-state index in [1.54, 1.807) is 0 Å². The Morgan fingerprint density at radius 3 is 2.50 bits per heavy atom. The van der Waals surface area contributed by atoms with Crippen LogP contribution in [0.4, 0.5) is 13.2 Å². The van der Waals surface area contributed by atoms with E-state index in [0.717, 1.165) is 11.6 Å². The van der Waals surface area contributed by atoms with Crippen molar-refractivity contribution in [1.82, 2.24) is 4.98 Å². The van der Waals surface area contributed by atoms with Gasteiger partial charge in [-0.2, -0.15) is 13.2 Å². The topological polar surface area (TPSA) is 12.9 Å². The molecule has 1 unspecified atom stereocenters. The van der Waals surface area contributed by atoms with Crippen LogP contribution in [0.5, 0.6) is 0 Å². The van der Waals surface area contributed by atoms with Crippen molar-refractivity contribution in [1.29, 1.82) is 0 Å². The van der Waals surface area contributed by atoms with Crippen molar-refractivity contribution in [2.24, 2.45) is 0 Å². The normalized spacial score (nSPS) is 20.5. The minimum atomic E-state index is -4.31. The fraction of sp³-hybridized carbons (Fsp3) is 0.375. The Balaban J connectivity index is 2.40. The maximum absolute atomic E-state index is 12.1. The second-order valence-corrected chi connectivity index (χ2v) is 2.89. The number of hydrogen-bond donors (Lipinski definition) is 0. The fourth-order valence-corrected chi connectivity index (χ4v) is 1.23. The van der Waals surface area contributed by atoms with Crippen molar-refractivity contribution in [2.45, 2.75) is 19.0 Å². The summed E-state index contributed by atoms with van der Waals surface area (Å²) in [6.07, 6.45) is -4.31. The van der Waals surface area contributed by atoms with E-state index in [1.165, 1.54) is 6.07 Å². The van der Waals surface area contributed by atoms with Crippen LogP contribution in [-0.4, -0.2) is 4.98 Å². The van der Waals surface area contributed by atoms with Gasteiger partial charge in [-0.15, -0.1) is 0 Å². The number of aromatic nitrogens is 1. The van der Waals surface area contributed by atoms with Crippen LogP contribution in [-0.2, 0) is 6.18 Å². The largest absolute Gasteiger partial charge is 0.433 e. The second-order valence-electron chi connectivity index (χ2n) is 2.89. The van der Waals surface area contributed by atoms with Gasteiger partial charge in [-0.3, -0.25) is 0 Å². The first-order chi connectivity index (χ1) is 5.50. The van der Waals surface area contributed by atoms with Gasteiger partial charge in [0.05, 0.1) is 5.69 Å². The predicted octanol–water partition coefficient (Wildman–Crippen LogP) is 2.57. The van der Waals surface area contributed by atoms with Crippen LogP contribution in [0.1, 0.15) is 29.8 Å². The Morgan fingerprint density at radius 1 is 1.33 bits per heavy atom. The molecule has 1 atom stereocenters. The molecule has 1 aliphatic carbocycles. The third-order valence-corrected chi connectivity index (χ3v) is 2.04. The van der Waals surface area contributed by atoms with Crippen molar-refractivity contribution < 1.29 is 13.2 Å². The first kappa shape index (κ1) is 7.58. The molecule has 0 saturated carbocycles. The summed E-state index contributed by atoms with van der Waals surface area (Å²) in [6.45, 7) is 1.85. The molecule has 0 saturated heterocycles. The second kappa shape index (κ2) is 2.00. The maximum Gasteiger partial charge on any atom is 0.433 e. The highest BCUT2D eigenvalue weighted by molar-refractivity contribution is 5.47. The summed E-state index contributed by atoms with van der Waals surface area (Å²) < 4.78 is 36.2. The average Bonchev–Trinajstić information content (AvgIpc) is 2.61. The van der Waals surface area contributed by atoms with Crippen molar-refractivity contribution >= 4 is 0 Å². The molecule has 12 heavy (non-hydrogen) atoms. The number of pyridine rings is 1. The van der Waals surface area contributed by atoms with E-state index in [2.05, 4.69) is 4.98 Å². The molecule has 4 heteroatoms. The molecule has 0 aromatic carbocycles. The summed E-state index contributed by atoms with van der Waals surface area (Å²) in [5.41, 5.74) is 0.735. The predicted molar refractivity (Wildman–Crippen MR) is 36.8 cm³/mol. The number of halogens is 3. The van der Waals surface area contributed by atoms with E-state index in [0.29, 0.717) is 5.69 Å². The van der Waals surface area contributed by atoms with Gasteiger partial charge in [-0.05, 0) is 11.6 Å². The molecular weight excluding hydrogens is 167 g/mol. The van der Waals surface area contributed by atoms with Gasteiger partial charge in [0.15, 0.2) is 0 Å². The van der Waals surface area contributed by atoms with Gasteiger partial charge in [0, 0.05) is 5.92 Å². The number of rotatable bonds is 0. The van der Waals surface area contributed by atoms with Crippen molar-refractivity contribution in [3.63, 3.8) is 0 Å². The molecule has 1 aliphatic rings. The summed E-state index contributed by atoms with van der Waals surface area (Å²) in [4.78, 5) is 3.49. The molecule has 2 rings (SSSR count). The Hall–Kier alpha value is -1.06.